The highest BCUT2D eigenvalue weighted by atomic mass is 16.1. The Hall–Kier alpha value is -2.08. The van der Waals surface area contributed by atoms with Gasteiger partial charge in [-0.3, -0.25) is 14.5 Å². The highest BCUT2D eigenvalue weighted by molar-refractivity contribution is 5.76. The van der Waals surface area contributed by atoms with Crippen molar-refractivity contribution in [2.45, 2.75) is 13.0 Å². The molecule has 0 aromatic heterocycles. The minimum absolute atomic E-state index is 0.0710. The van der Waals surface area contributed by atoms with Crippen LogP contribution in [0.5, 0.6) is 0 Å². The number of nitrogen functional groups attached to an aromatic ring is 1. The van der Waals surface area contributed by atoms with Gasteiger partial charge in [0.15, 0.2) is 0 Å². The fourth-order valence-electron chi connectivity index (χ4n) is 1.62. The molecule has 6 N–H and O–H groups in total. The van der Waals surface area contributed by atoms with E-state index < -0.39 is 11.8 Å². The lowest BCUT2D eigenvalue weighted by Crippen LogP contribution is -2.35. The van der Waals surface area contributed by atoms with Gasteiger partial charge in [-0.1, -0.05) is 18.2 Å². The van der Waals surface area contributed by atoms with E-state index in [1.54, 1.807) is 11.0 Å². The molecule has 0 atom stereocenters. The Bertz CT molecular complexity index is 434. The van der Waals surface area contributed by atoms with Crippen LogP contribution in [0.4, 0.5) is 5.69 Å². The number of hydrogen-bond acceptors (Lipinski definition) is 4. The van der Waals surface area contributed by atoms with Gasteiger partial charge < -0.3 is 17.2 Å². The van der Waals surface area contributed by atoms with Gasteiger partial charge in [0.1, 0.15) is 0 Å². The second-order valence-electron chi connectivity index (χ2n) is 4.09. The molecule has 0 fully saturated rings. The van der Waals surface area contributed by atoms with Crippen molar-refractivity contribution in [3.63, 3.8) is 0 Å². The number of rotatable bonds is 7. The van der Waals surface area contributed by atoms with Gasteiger partial charge in [-0.05, 0) is 11.6 Å². The van der Waals surface area contributed by atoms with Gasteiger partial charge in [0, 0.05) is 25.2 Å². The fourth-order valence-corrected chi connectivity index (χ4v) is 1.62. The van der Waals surface area contributed by atoms with Crippen LogP contribution in [-0.2, 0) is 16.1 Å². The summed E-state index contributed by atoms with van der Waals surface area (Å²) in [6.45, 7) is 0.914. The lowest BCUT2D eigenvalue weighted by atomic mass is 10.1. The van der Waals surface area contributed by atoms with Crippen LogP contribution in [0.1, 0.15) is 12.0 Å². The summed E-state index contributed by atoms with van der Waals surface area (Å²) in [5, 5.41) is 0. The topological polar surface area (TPSA) is 115 Å². The molecule has 0 saturated heterocycles. The van der Waals surface area contributed by atoms with Crippen LogP contribution in [0.25, 0.3) is 0 Å². The maximum atomic E-state index is 11.0. The van der Waals surface area contributed by atoms with E-state index in [9.17, 15) is 9.59 Å². The lowest BCUT2D eigenvalue weighted by molar-refractivity contribution is -0.121. The molecule has 0 saturated carbocycles. The number of nitrogens with zero attached hydrogens (tertiary/aromatic N) is 1. The van der Waals surface area contributed by atoms with E-state index in [0.717, 1.165) is 5.56 Å². The lowest BCUT2D eigenvalue weighted by Gasteiger charge is -2.20. The van der Waals surface area contributed by atoms with Crippen LogP contribution < -0.4 is 17.2 Å². The predicted molar refractivity (Wildman–Crippen MR) is 69.1 cm³/mol. The van der Waals surface area contributed by atoms with E-state index in [2.05, 4.69) is 0 Å². The SMILES string of the molecule is NC(=O)CCN(CC(N)=O)Cc1ccccc1N. The number of anilines is 1. The standard InChI is InChI=1S/C12H18N4O2/c13-10-4-2-1-3-9(10)7-16(8-12(15)18)6-5-11(14)17/h1-4H,5-8,13H2,(H2,14,17)(H2,15,18). The summed E-state index contributed by atoms with van der Waals surface area (Å²) in [5.41, 5.74) is 17.6. The molecule has 6 heteroatoms. The zero-order chi connectivity index (χ0) is 13.5. The first kappa shape index (κ1) is 14.0. The van der Waals surface area contributed by atoms with Crippen molar-refractivity contribution < 1.29 is 9.59 Å². The normalized spacial score (nSPS) is 10.5. The first-order valence-corrected chi connectivity index (χ1v) is 5.61. The summed E-state index contributed by atoms with van der Waals surface area (Å²) < 4.78 is 0. The van der Waals surface area contributed by atoms with Gasteiger partial charge in [-0.15, -0.1) is 0 Å². The number of primary amides is 2. The molecule has 1 aromatic rings. The molecule has 0 aliphatic heterocycles. The van der Waals surface area contributed by atoms with E-state index in [-0.39, 0.29) is 13.0 Å². The molecule has 0 aliphatic rings. The van der Waals surface area contributed by atoms with Crippen LogP contribution in [0.3, 0.4) is 0 Å². The van der Waals surface area contributed by atoms with Crippen molar-refractivity contribution in [3.05, 3.63) is 29.8 Å². The third-order valence-electron chi connectivity index (χ3n) is 2.50. The largest absolute Gasteiger partial charge is 0.398 e. The highest BCUT2D eigenvalue weighted by Crippen LogP contribution is 2.13. The van der Waals surface area contributed by atoms with Gasteiger partial charge in [-0.2, -0.15) is 0 Å². The summed E-state index contributed by atoms with van der Waals surface area (Å²) in [6.07, 6.45) is 0.181. The Kier molecular flexibility index (Phi) is 5.13. The van der Waals surface area contributed by atoms with E-state index in [1.807, 2.05) is 18.2 Å². The van der Waals surface area contributed by atoms with Crippen molar-refractivity contribution in [1.82, 2.24) is 4.90 Å². The summed E-state index contributed by atoms with van der Waals surface area (Å²) in [6, 6.07) is 7.35. The van der Waals surface area contributed by atoms with Gasteiger partial charge in [0.2, 0.25) is 11.8 Å². The number of carbonyl (C=O) groups excluding carboxylic acids is 2. The number of nitrogens with two attached hydrogens (primary N) is 3. The molecule has 0 aliphatic carbocycles. The van der Waals surface area contributed by atoms with Gasteiger partial charge in [0.25, 0.3) is 0 Å². The summed E-state index contributed by atoms with van der Waals surface area (Å²) in [7, 11) is 0. The van der Waals surface area contributed by atoms with Gasteiger partial charge >= 0.3 is 0 Å². The van der Waals surface area contributed by atoms with E-state index in [0.29, 0.717) is 18.8 Å². The molecule has 1 aromatic carbocycles. The second kappa shape index (κ2) is 6.61. The predicted octanol–water partition coefficient (Wildman–Crippen LogP) is -0.568. The van der Waals surface area contributed by atoms with Crippen LogP contribution >= 0.6 is 0 Å². The number of hydrogen-bond donors (Lipinski definition) is 3. The van der Waals surface area contributed by atoms with Gasteiger partial charge in [-0.25, -0.2) is 0 Å². The second-order valence-corrected chi connectivity index (χ2v) is 4.09. The van der Waals surface area contributed by atoms with Gasteiger partial charge in [0.05, 0.1) is 6.54 Å². The Morgan fingerprint density at radius 3 is 2.33 bits per heavy atom. The maximum absolute atomic E-state index is 11.0. The Morgan fingerprint density at radius 2 is 1.78 bits per heavy atom. The van der Waals surface area contributed by atoms with Crippen LogP contribution in [0.2, 0.25) is 0 Å². The summed E-state index contributed by atoms with van der Waals surface area (Å²) in [4.78, 5) is 23.5. The number of amides is 2. The maximum Gasteiger partial charge on any atom is 0.231 e. The zero-order valence-electron chi connectivity index (χ0n) is 10.1. The Morgan fingerprint density at radius 1 is 1.11 bits per heavy atom. The van der Waals surface area contributed by atoms with Crippen molar-refractivity contribution in [2.24, 2.45) is 11.5 Å². The molecule has 0 spiro atoms. The smallest absolute Gasteiger partial charge is 0.231 e. The van der Waals surface area contributed by atoms with Crippen LogP contribution in [0, 0.1) is 0 Å². The van der Waals surface area contributed by atoms with Crippen molar-refractivity contribution in [1.29, 1.82) is 0 Å². The molecule has 1 rings (SSSR count). The minimum Gasteiger partial charge on any atom is -0.398 e. The van der Waals surface area contributed by atoms with E-state index >= 15 is 0 Å². The minimum atomic E-state index is -0.450. The van der Waals surface area contributed by atoms with Crippen molar-refractivity contribution >= 4 is 17.5 Å². The Balaban J connectivity index is 2.68. The quantitative estimate of drug-likeness (QED) is 0.562. The molecule has 18 heavy (non-hydrogen) atoms. The molecule has 2 amide bonds. The van der Waals surface area contributed by atoms with Crippen LogP contribution in [0.15, 0.2) is 24.3 Å². The van der Waals surface area contributed by atoms with Crippen molar-refractivity contribution in [2.75, 3.05) is 18.8 Å². The zero-order valence-corrected chi connectivity index (χ0v) is 10.1. The van der Waals surface area contributed by atoms with E-state index in [4.69, 9.17) is 17.2 Å². The first-order chi connectivity index (χ1) is 8.49. The monoisotopic (exact) mass is 250 g/mol. The molecule has 6 nitrogen and oxygen atoms in total. The molecule has 0 bridgehead atoms. The third kappa shape index (κ3) is 4.84. The van der Waals surface area contributed by atoms with Crippen LogP contribution in [-0.4, -0.2) is 29.8 Å². The van der Waals surface area contributed by atoms with Crippen molar-refractivity contribution in [3.8, 4) is 0 Å². The molecule has 0 unspecified atom stereocenters. The molecule has 0 heterocycles. The first-order valence-electron chi connectivity index (χ1n) is 5.61. The number of benzene rings is 1. The average Bonchev–Trinajstić information content (AvgIpc) is 2.28. The fraction of sp³-hybridized carbons (Fsp3) is 0.333. The number of carbonyl (C=O) groups is 2. The molecular weight excluding hydrogens is 232 g/mol. The summed E-state index contributed by atoms with van der Waals surface area (Å²) >= 11 is 0. The van der Waals surface area contributed by atoms with E-state index in [1.165, 1.54) is 0 Å². The third-order valence-corrected chi connectivity index (χ3v) is 2.50. The Labute approximate surface area is 106 Å². The number of para-hydroxylation sites is 1. The molecule has 98 valence electrons. The highest BCUT2D eigenvalue weighted by Gasteiger charge is 2.11. The average molecular weight is 250 g/mol. The molecule has 0 radical (unpaired) electrons. The molecular formula is C12H18N4O2. The summed E-state index contributed by atoms with van der Waals surface area (Å²) in [5.74, 6) is -0.862.